The van der Waals surface area contributed by atoms with Crippen molar-refractivity contribution in [2.45, 2.75) is 45.1 Å². The van der Waals surface area contributed by atoms with Gasteiger partial charge in [-0.15, -0.1) is 10.2 Å². The van der Waals surface area contributed by atoms with Crippen molar-refractivity contribution in [2.75, 3.05) is 0 Å². The van der Waals surface area contributed by atoms with Gasteiger partial charge in [0.15, 0.2) is 0 Å². The Hall–Kier alpha value is -0.900. The molecule has 4 nitrogen and oxygen atoms in total. The van der Waals surface area contributed by atoms with E-state index in [-0.39, 0.29) is 0 Å². The molecule has 1 aliphatic carbocycles. The summed E-state index contributed by atoms with van der Waals surface area (Å²) in [6.45, 7) is 0.479. The van der Waals surface area contributed by atoms with E-state index in [1.807, 2.05) is 11.6 Å². The molecule has 0 amide bonds. The van der Waals surface area contributed by atoms with Crippen LogP contribution in [0.2, 0.25) is 0 Å². The normalized spacial score (nSPS) is 17.5. The van der Waals surface area contributed by atoms with E-state index in [0.29, 0.717) is 6.54 Å². The fourth-order valence-electron chi connectivity index (χ4n) is 2.43. The zero-order valence-electron chi connectivity index (χ0n) is 9.45. The zero-order chi connectivity index (χ0) is 10.7. The van der Waals surface area contributed by atoms with Crippen LogP contribution < -0.4 is 5.73 Å². The number of nitrogens with zero attached hydrogens (tertiary/aromatic N) is 3. The number of hydrogen-bond acceptors (Lipinski definition) is 3. The van der Waals surface area contributed by atoms with Crippen LogP contribution in [0, 0.1) is 5.92 Å². The second-order valence-corrected chi connectivity index (χ2v) is 4.48. The lowest BCUT2D eigenvalue weighted by atomic mass is 10.0. The highest BCUT2D eigenvalue weighted by Crippen LogP contribution is 2.28. The fraction of sp³-hybridized carbons (Fsp3) is 0.818. The Bertz CT molecular complexity index is 312. The van der Waals surface area contributed by atoms with Crippen molar-refractivity contribution in [3.63, 3.8) is 0 Å². The lowest BCUT2D eigenvalue weighted by Crippen LogP contribution is -2.08. The average molecular weight is 208 g/mol. The standard InChI is InChI=1S/C11H20N4/c1-15-10(13-14-11(15)8-12)7-6-9-4-2-3-5-9/h9H,2-8,12H2,1H3. The summed E-state index contributed by atoms with van der Waals surface area (Å²) in [5.41, 5.74) is 5.56. The van der Waals surface area contributed by atoms with Crippen molar-refractivity contribution in [1.29, 1.82) is 0 Å². The molecule has 0 radical (unpaired) electrons. The summed E-state index contributed by atoms with van der Waals surface area (Å²) in [5, 5.41) is 8.25. The van der Waals surface area contributed by atoms with Crippen LogP contribution in [0.4, 0.5) is 0 Å². The van der Waals surface area contributed by atoms with E-state index >= 15 is 0 Å². The first-order valence-electron chi connectivity index (χ1n) is 5.88. The molecule has 1 fully saturated rings. The van der Waals surface area contributed by atoms with Gasteiger partial charge in [-0.05, 0) is 12.3 Å². The predicted molar refractivity (Wildman–Crippen MR) is 59.2 cm³/mol. The topological polar surface area (TPSA) is 56.7 Å². The van der Waals surface area contributed by atoms with Gasteiger partial charge >= 0.3 is 0 Å². The van der Waals surface area contributed by atoms with Crippen LogP contribution in [0.5, 0.6) is 0 Å². The summed E-state index contributed by atoms with van der Waals surface area (Å²) in [7, 11) is 2.01. The van der Waals surface area contributed by atoms with E-state index in [1.54, 1.807) is 0 Å². The molecule has 2 N–H and O–H groups in total. The van der Waals surface area contributed by atoms with Gasteiger partial charge in [0.2, 0.25) is 0 Å². The van der Waals surface area contributed by atoms with E-state index in [1.165, 1.54) is 32.1 Å². The molecule has 0 saturated heterocycles. The third kappa shape index (κ3) is 2.37. The SMILES string of the molecule is Cn1c(CN)nnc1CCC1CCCC1. The van der Waals surface area contributed by atoms with Gasteiger partial charge in [0, 0.05) is 13.5 Å². The Labute approximate surface area is 90.9 Å². The number of rotatable bonds is 4. The van der Waals surface area contributed by atoms with Gasteiger partial charge in [0.05, 0.1) is 6.54 Å². The van der Waals surface area contributed by atoms with E-state index in [9.17, 15) is 0 Å². The van der Waals surface area contributed by atoms with Crippen molar-refractivity contribution in [2.24, 2.45) is 18.7 Å². The van der Waals surface area contributed by atoms with E-state index in [0.717, 1.165) is 24.0 Å². The molecule has 15 heavy (non-hydrogen) atoms. The van der Waals surface area contributed by atoms with Crippen LogP contribution in [0.1, 0.15) is 43.8 Å². The van der Waals surface area contributed by atoms with Crippen molar-refractivity contribution < 1.29 is 0 Å². The predicted octanol–water partition coefficient (Wildman–Crippen LogP) is 1.40. The quantitative estimate of drug-likeness (QED) is 0.813. The van der Waals surface area contributed by atoms with Crippen LogP contribution in [-0.2, 0) is 20.0 Å². The van der Waals surface area contributed by atoms with Gasteiger partial charge in [-0.1, -0.05) is 25.7 Å². The maximum absolute atomic E-state index is 5.56. The molecule has 0 atom stereocenters. The lowest BCUT2D eigenvalue weighted by Gasteiger charge is -2.07. The second kappa shape index (κ2) is 4.75. The Morgan fingerprint density at radius 1 is 1.27 bits per heavy atom. The molecule has 0 spiro atoms. The van der Waals surface area contributed by atoms with E-state index in [2.05, 4.69) is 10.2 Å². The summed E-state index contributed by atoms with van der Waals surface area (Å²) >= 11 is 0. The minimum Gasteiger partial charge on any atom is -0.324 e. The van der Waals surface area contributed by atoms with E-state index < -0.39 is 0 Å². The molecule has 1 saturated carbocycles. The first-order valence-corrected chi connectivity index (χ1v) is 5.88. The number of hydrogen-bond donors (Lipinski definition) is 1. The molecule has 0 aliphatic heterocycles. The summed E-state index contributed by atoms with van der Waals surface area (Å²) < 4.78 is 2.04. The minimum atomic E-state index is 0.479. The minimum absolute atomic E-state index is 0.479. The largest absolute Gasteiger partial charge is 0.324 e. The molecule has 84 valence electrons. The van der Waals surface area contributed by atoms with Crippen LogP contribution >= 0.6 is 0 Å². The van der Waals surface area contributed by atoms with Crippen LogP contribution in [-0.4, -0.2) is 14.8 Å². The highest BCUT2D eigenvalue weighted by molar-refractivity contribution is 4.94. The van der Waals surface area contributed by atoms with Crippen LogP contribution in [0.3, 0.4) is 0 Å². The summed E-state index contributed by atoms with van der Waals surface area (Å²) in [4.78, 5) is 0. The molecule has 0 aromatic carbocycles. The average Bonchev–Trinajstić information content (AvgIpc) is 2.85. The molecule has 1 heterocycles. The first-order chi connectivity index (χ1) is 7.31. The monoisotopic (exact) mass is 208 g/mol. The van der Waals surface area contributed by atoms with Gasteiger partial charge < -0.3 is 10.3 Å². The Morgan fingerprint density at radius 3 is 2.53 bits per heavy atom. The molecule has 4 heteroatoms. The van der Waals surface area contributed by atoms with Crippen molar-refractivity contribution in [3.8, 4) is 0 Å². The number of nitrogens with two attached hydrogens (primary N) is 1. The molecule has 2 rings (SSSR count). The van der Waals surface area contributed by atoms with Gasteiger partial charge in [-0.25, -0.2) is 0 Å². The fourth-order valence-corrected chi connectivity index (χ4v) is 2.43. The van der Waals surface area contributed by atoms with Crippen LogP contribution in [0.25, 0.3) is 0 Å². The van der Waals surface area contributed by atoms with E-state index in [4.69, 9.17) is 5.73 Å². The van der Waals surface area contributed by atoms with Gasteiger partial charge in [0.1, 0.15) is 11.6 Å². The molecule has 1 aromatic heterocycles. The summed E-state index contributed by atoms with van der Waals surface area (Å²) in [6, 6.07) is 0. The zero-order valence-corrected chi connectivity index (χ0v) is 9.45. The maximum Gasteiger partial charge on any atom is 0.146 e. The maximum atomic E-state index is 5.56. The molecule has 1 aromatic rings. The van der Waals surface area contributed by atoms with Gasteiger partial charge in [0.25, 0.3) is 0 Å². The number of aromatic nitrogens is 3. The first kappa shape index (κ1) is 10.6. The Kier molecular flexibility index (Phi) is 3.36. The van der Waals surface area contributed by atoms with Crippen molar-refractivity contribution in [3.05, 3.63) is 11.6 Å². The molecule has 0 unspecified atom stereocenters. The van der Waals surface area contributed by atoms with Crippen molar-refractivity contribution >= 4 is 0 Å². The second-order valence-electron chi connectivity index (χ2n) is 4.48. The third-order valence-corrected chi connectivity index (χ3v) is 3.49. The lowest BCUT2D eigenvalue weighted by molar-refractivity contribution is 0.492. The molecule has 0 bridgehead atoms. The smallest absolute Gasteiger partial charge is 0.146 e. The van der Waals surface area contributed by atoms with Gasteiger partial charge in [-0.2, -0.15) is 0 Å². The van der Waals surface area contributed by atoms with Crippen molar-refractivity contribution in [1.82, 2.24) is 14.8 Å². The third-order valence-electron chi connectivity index (χ3n) is 3.49. The highest BCUT2D eigenvalue weighted by Gasteiger charge is 2.16. The molecular weight excluding hydrogens is 188 g/mol. The molecular formula is C11H20N4. The van der Waals surface area contributed by atoms with Crippen LogP contribution in [0.15, 0.2) is 0 Å². The molecule has 1 aliphatic rings. The summed E-state index contributed by atoms with van der Waals surface area (Å²) in [6.07, 6.45) is 7.95. The number of aryl methyl sites for hydroxylation is 1. The van der Waals surface area contributed by atoms with Gasteiger partial charge in [-0.3, -0.25) is 0 Å². The Balaban J connectivity index is 1.89. The Morgan fingerprint density at radius 2 is 1.93 bits per heavy atom. The summed E-state index contributed by atoms with van der Waals surface area (Å²) in [5.74, 6) is 2.89. The highest BCUT2D eigenvalue weighted by atomic mass is 15.3.